The number of likely N-dealkylation sites (N-methyl/N-ethyl adjacent to an activating group) is 1. The van der Waals surface area contributed by atoms with Gasteiger partial charge < -0.3 is 24.6 Å². The highest BCUT2D eigenvalue weighted by Crippen LogP contribution is 2.39. The molecular formula is C38H41FN8O3S2. The van der Waals surface area contributed by atoms with Gasteiger partial charge in [-0.05, 0) is 76.9 Å². The first-order valence-electron chi connectivity index (χ1n) is 17.5. The molecule has 14 heteroatoms. The van der Waals surface area contributed by atoms with E-state index >= 15 is 0 Å². The van der Waals surface area contributed by atoms with Crippen LogP contribution in [0.5, 0.6) is 5.75 Å². The number of halogens is 1. The van der Waals surface area contributed by atoms with Gasteiger partial charge in [0.15, 0.2) is 39.2 Å². The second-order valence-corrected chi connectivity index (χ2v) is 15.1. The first-order chi connectivity index (χ1) is 25.3. The molecule has 2 aromatic carbocycles. The summed E-state index contributed by atoms with van der Waals surface area (Å²) in [6, 6.07) is 12.9. The second-order valence-electron chi connectivity index (χ2n) is 13.0. The van der Waals surface area contributed by atoms with E-state index in [1.54, 1.807) is 23.5 Å². The second kappa shape index (κ2) is 15.9. The minimum absolute atomic E-state index is 0.0996. The summed E-state index contributed by atoms with van der Waals surface area (Å²) >= 11 is 3.00. The molecule has 0 spiro atoms. The number of nitrogens with one attached hydrogen (secondary N) is 1. The molecule has 1 unspecified atom stereocenters. The molecule has 5 heterocycles. The Hall–Kier alpha value is -4.68. The third kappa shape index (κ3) is 7.88. The van der Waals surface area contributed by atoms with E-state index in [2.05, 4.69) is 56.1 Å². The number of carbonyl (C=O) groups is 1. The molecule has 0 saturated carbocycles. The van der Waals surface area contributed by atoms with Crippen molar-refractivity contribution in [1.82, 2.24) is 30.0 Å². The maximum absolute atomic E-state index is 15.0. The molecule has 3 aromatic heterocycles. The zero-order valence-corrected chi connectivity index (χ0v) is 31.4. The molecule has 7 rings (SSSR count). The van der Waals surface area contributed by atoms with Crippen LogP contribution in [0, 0.1) is 24.6 Å². The first kappa shape index (κ1) is 35.7. The van der Waals surface area contributed by atoms with Crippen molar-refractivity contribution in [2.75, 3.05) is 63.7 Å². The quantitative estimate of drug-likeness (QED) is 0.0951. The Kier molecular flexibility index (Phi) is 10.9. The Bertz CT molecular complexity index is 2100. The molecule has 2 aliphatic heterocycles. The van der Waals surface area contributed by atoms with Crippen molar-refractivity contribution in [3.63, 3.8) is 0 Å². The van der Waals surface area contributed by atoms with Crippen molar-refractivity contribution < 1.29 is 18.7 Å². The summed E-state index contributed by atoms with van der Waals surface area (Å²) in [5, 5.41) is 14.0. The van der Waals surface area contributed by atoms with Gasteiger partial charge >= 0.3 is 5.97 Å². The molecule has 2 aliphatic rings. The lowest BCUT2D eigenvalue weighted by molar-refractivity contribution is 0.0593. The standard InChI is InChI=1S/C38H41FN8O3S2/c1-24(46-20-18-45(3)19-21-46)13-14-26-15-16-30(28(39)23-26)50-22-8-12-32-33(36(48)49-4)41-38(52-32)47-17-7-9-27-25(2)34(43-44-35(27)47)42-37-40-29-10-5-6-11-31(29)51-37/h5-6,10-11,15-16,23-24H,7-9,12,17-22H2,1-4H3,(H,40,42,43). The van der Waals surface area contributed by atoms with Crippen molar-refractivity contribution in [2.45, 2.75) is 45.6 Å². The Morgan fingerprint density at radius 1 is 1.08 bits per heavy atom. The lowest BCUT2D eigenvalue weighted by atomic mass is 10.0. The number of benzene rings is 2. The maximum Gasteiger partial charge on any atom is 0.357 e. The molecule has 0 amide bonds. The smallest absolute Gasteiger partial charge is 0.357 e. The molecule has 52 heavy (non-hydrogen) atoms. The lowest BCUT2D eigenvalue weighted by Gasteiger charge is -2.34. The van der Waals surface area contributed by atoms with Gasteiger partial charge in [0.1, 0.15) is 0 Å². The molecule has 1 atom stereocenters. The molecule has 0 bridgehead atoms. The fourth-order valence-electron chi connectivity index (χ4n) is 6.39. The van der Waals surface area contributed by atoms with Gasteiger partial charge in [0.05, 0.1) is 30.0 Å². The summed E-state index contributed by atoms with van der Waals surface area (Å²) < 4.78 is 27.0. The van der Waals surface area contributed by atoms with Crippen molar-refractivity contribution >= 4 is 60.8 Å². The number of hydrogen-bond donors (Lipinski definition) is 1. The SMILES string of the molecule is COC(=O)c1nc(N2CCCc3c2nnc(Nc2nc4ccccc4s2)c3C)sc1CCCOc1ccc(C#CC(C)N2CCN(C)CC2)cc1F. The molecule has 0 radical (unpaired) electrons. The van der Waals surface area contributed by atoms with Gasteiger partial charge in [-0.2, -0.15) is 0 Å². The van der Waals surface area contributed by atoms with Gasteiger partial charge in [0, 0.05) is 54.3 Å². The van der Waals surface area contributed by atoms with Crippen LogP contribution in [0.25, 0.3) is 10.2 Å². The average Bonchev–Trinajstić information content (AvgIpc) is 3.78. The van der Waals surface area contributed by atoms with E-state index in [0.29, 0.717) is 35.9 Å². The van der Waals surface area contributed by atoms with Crippen molar-refractivity contribution in [3.05, 3.63) is 75.5 Å². The van der Waals surface area contributed by atoms with Gasteiger partial charge in [-0.25, -0.2) is 19.2 Å². The third-order valence-electron chi connectivity index (χ3n) is 9.45. The number of fused-ring (bicyclic) bond motifs is 2. The molecule has 1 N–H and O–H groups in total. The molecule has 0 aliphatic carbocycles. The fourth-order valence-corrected chi connectivity index (χ4v) is 8.37. The summed E-state index contributed by atoms with van der Waals surface area (Å²) in [7, 11) is 3.48. The van der Waals surface area contributed by atoms with E-state index in [0.717, 1.165) is 76.2 Å². The van der Waals surface area contributed by atoms with E-state index in [9.17, 15) is 9.18 Å². The number of thiazole rings is 2. The highest BCUT2D eigenvalue weighted by Gasteiger charge is 2.29. The van der Waals surface area contributed by atoms with Gasteiger partial charge in [0.25, 0.3) is 0 Å². The largest absolute Gasteiger partial charge is 0.491 e. The number of esters is 1. The lowest BCUT2D eigenvalue weighted by Crippen LogP contribution is -2.47. The van der Waals surface area contributed by atoms with Crippen molar-refractivity contribution in [3.8, 4) is 17.6 Å². The Labute approximate surface area is 310 Å². The summed E-state index contributed by atoms with van der Waals surface area (Å²) in [6.07, 6.45) is 2.79. The number of carbonyl (C=O) groups excluding carboxylic acids is 1. The molecule has 11 nitrogen and oxygen atoms in total. The van der Waals surface area contributed by atoms with Crippen LogP contribution in [0.3, 0.4) is 0 Å². The molecule has 1 saturated heterocycles. The molecule has 5 aromatic rings. The predicted molar refractivity (Wildman–Crippen MR) is 204 cm³/mol. The maximum atomic E-state index is 15.0. The van der Waals surface area contributed by atoms with Crippen molar-refractivity contribution in [2.24, 2.45) is 0 Å². The van der Waals surface area contributed by atoms with Crippen LogP contribution < -0.4 is 15.0 Å². The van der Waals surface area contributed by atoms with E-state index in [-0.39, 0.29) is 24.1 Å². The van der Waals surface area contributed by atoms with Crippen LogP contribution in [-0.4, -0.2) is 95.5 Å². The zero-order chi connectivity index (χ0) is 36.2. The monoisotopic (exact) mass is 740 g/mol. The van der Waals surface area contributed by atoms with Crippen LogP contribution in [0.2, 0.25) is 0 Å². The number of rotatable bonds is 10. The van der Waals surface area contributed by atoms with Gasteiger partial charge in [-0.15, -0.1) is 21.5 Å². The highest BCUT2D eigenvalue weighted by molar-refractivity contribution is 7.22. The van der Waals surface area contributed by atoms with Crippen LogP contribution in [0.4, 0.5) is 26.3 Å². The fraction of sp³-hybridized carbons (Fsp3) is 0.395. The average molecular weight is 741 g/mol. The van der Waals surface area contributed by atoms with E-state index in [4.69, 9.17) is 14.5 Å². The third-order valence-corrected chi connectivity index (χ3v) is 11.5. The van der Waals surface area contributed by atoms with Crippen LogP contribution in [0.15, 0.2) is 42.5 Å². The predicted octanol–water partition coefficient (Wildman–Crippen LogP) is 6.60. The zero-order valence-electron chi connectivity index (χ0n) is 29.7. The van der Waals surface area contributed by atoms with E-state index < -0.39 is 11.8 Å². The molecule has 1 fully saturated rings. The Morgan fingerprint density at radius 3 is 2.69 bits per heavy atom. The minimum Gasteiger partial charge on any atom is -0.491 e. The van der Waals surface area contributed by atoms with Crippen LogP contribution >= 0.6 is 22.7 Å². The van der Waals surface area contributed by atoms with Gasteiger partial charge in [-0.3, -0.25) is 4.90 Å². The van der Waals surface area contributed by atoms with E-state index in [1.807, 2.05) is 36.1 Å². The highest BCUT2D eigenvalue weighted by atomic mass is 32.1. The van der Waals surface area contributed by atoms with Crippen LogP contribution in [-0.2, 0) is 17.6 Å². The normalized spacial score (nSPS) is 15.5. The van der Waals surface area contributed by atoms with Gasteiger partial charge in [-0.1, -0.05) is 35.3 Å². The number of ether oxygens (including phenoxy) is 2. The Balaban J connectivity index is 0.997. The summed E-state index contributed by atoms with van der Waals surface area (Å²) in [5.41, 5.74) is 3.91. The van der Waals surface area contributed by atoms with Crippen LogP contribution in [0.1, 0.15) is 51.8 Å². The Morgan fingerprint density at radius 2 is 1.90 bits per heavy atom. The number of piperazine rings is 1. The molecule has 270 valence electrons. The number of anilines is 4. The summed E-state index contributed by atoms with van der Waals surface area (Å²) in [5.74, 6) is 7.00. The first-order valence-corrected chi connectivity index (χ1v) is 19.1. The van der Waals surface area contributed by atoms with E-state index in [1.165, 1.54) is 24.5 Å². The summed E-state index contributed by atoms with van der Waals surface area (Å²) in [6.45, 7) is 9.08. The number of nitrogens with zero attached hydrogens (tertiary/aromatic N) is 7. The number of aryl methyl sites for hydroxylation is 1. The number of hydrogen-bond acceptors (Lipinski definition) is 13. The molecular weight excluding hydrogens is 700 g/mol. The number of aromatic nitrogens is 4. The summed E-state index contributed by atoms with van der Waals surface area (Å²) in [4.78, 5) is 29.7. The number of para-hydroxylation sites is 1. The minimum atomic E-state index is -0.502. The number of methoxy groups -OCH3 is 1. The topological polar surface area (TPSA) is 109 Å². The van der Waals surface area contributed by atoms with Gasteiger partial charge in [0.2, 0.25) is 0 Å². The van der Waals surface area contributed by atoms with Crippen molar-refractivity contribution in [1.29, 1.82) is 0 Å².